The molecule has 1 fully saturated rings. The lowest BCUT2D eigenvalue weighted by Crippen LogP contribution is -2.51. The van der Waals surface area contributed by atoms with Crippen LogP contribution in [0.25, 0.3) is 10.9 Å². The smallest absolute Gasteiger partial charge is 0.259 e. The second-order valence-corrected chi connectivity index (χ2v) is 11.2. The van der Waals surface area contributed by atoms with E-state index >= 15 is 0 Å². The molecule has 0 unspecified atom stereocenters. The summed E-state index contributed by atoms with van der Waals surface area (Å²) in [5.74, 6) is 0.231. The molecule has 35 heavy (non-hydrogen) atoms. The molecule has 2 heterocycles. The summed E-state index contributed by atoms with van der Waals surface area (Å²) in [5, 5.41) is 9.64. The fourth-order valence-corrected chi connectivity index (χ4v) is 5.71. The Balaban J connectivity index is 1.39. The molecule has 3 aromatic rings. The number of H-pyrrole nitrogens is 1. The van der Waals surface area contributed by atoms with Crippen molar-refractivity contribution in [3.05, 3.63) is 64.7 Å². The van der Waals surface area contributed by atoms with E-state index in [-0.39, 0.29) is 24.0 Å². The number of amides is 1. The summed E-state index contributed by atoms with van der Waals surface area (Å²) in [6.07, 6.45) is 2.12. The van der Waals surface area contributed by atoms with Crippen molar-refractivity contribution in [2.45, 2.75) is 31.3 Å². The van der Waals surface area contributed by atoms with Crippen molar-refractivity contribution >= 4 is 44.3 Å². The predicted molar refractivity (Wildman–Crippen MR) is 138 cm³/mol. The average Bonchev–Trinajstić information content (AvgIpc) is 3.28. The van der Waals surface area contributed by atoms with Crippen LogP contribution in [-0.4, -0.2) is 72.5 Å². The molecule has 2 aromatic carbocycles. The second-order valence-electron chi connectivity index (χ2n) is 8.84. The Kier molecular flexibility index (Phi) is 7.49. The zero-order chi connectivity index (χ0) is 25.2. The minimum atomic E-state index is -3.84. The summed E-state index contributed by atoms with van der Waals surface area (Å²) >= 11 is 6.01. The summed E-state index contributed by atoms with van der Waals surface area (Å²) < 4.78 is 27.5. The van der Waals surface area contributed by atoms with Crippen LogP contribution in [0.3, 0.4) is 0 Å². The molecule has 1 aromatic heterocycles. The number of unbranched alkanes of at least 4 members (excludes halogenated alkanes) is 1. The third-order valence-corrected chi connectivity index (χ3v) is 8.29. The lowest BCUT2D eigenvalue weighted by atomic mass is 10.1. The van der Waals surface area contributed by atoms with Crippen LogP contribution < -0.4 is 0 Å². The second kappa shape index (κ2) is 10.4. The van der Waals surface area contributed by atoms with Crippen LogP contribution in [0, 0.1) is 5.41 Å². The van der Waals surface area contributed by atoms with Crippen LogP contribution in [0.5, 0.6) is 0 Å². The maximum absolute atomic E-state index is 13.1. The van der Waals surface area contributed by atoms with E-state index in [1.54, 1.807) is 29.2 Å². The van der Waals surface area contributed by atoms with Gasteiger partial charge in [0.25, 0.3) is 10.0 Å². The lowest BCUT2D eigenvalue weighted by molar-refractivity contribution is -0.134. The molecule has 0 saturated carbocycles. The highest BCUT2D eigenvalue weighted by Crippen LogP contribution is 2.25. The molecule has 2 N–H and O–H groups in total. The Morgan fingerprint density at radius 1 is 1.14 bits per heavy atom. The zero-order valence-corrected chi connectivity index (χ0v) is 21.5. The SMILES string of the molecule is CCCCN(C)C(=N)c1ccc(CN2CCN(S(=O)(=O)c3cc4cc(Cl)ccc4[nH]3)CC2=O)cc1. The van der Waals surface area contributed by atoms with Crippen molar-refractivity contribution in [3.63, 3.8) is 0 Å². The number of halogens is 1. The molecule has 0 spiro atoms. The van der Waals surface area contributed by atoms with E-state index < -0.39 is 10.0 Å². The molecule has 1 aliphatic heterocycles. The van der Waals surface area contributed by atoms with Gasteiger partial charge in [-0.05, 0) is 36.2 Å². The fraction of sp³-hybridized carbons (Fsp3) is 0.360. The topological polar surface area (TPSA) is 101 Å². The Bertz CT molecular complexity index is 1340. The van der Waals surface area contributed by atoms with E-state index in [4.69, 9.17) is 17.0 Å². The molecule has 1 aliphatic rings. The number of fused-ring (bicyclic) bond motifs is 1. The highest BCUT2D eigenvalue weighted by molar-refractivity contribution is 7.89. The first kappa shape index (κ1) is 25.2. The number of hydrogen-bond donors (Lipinski definition) is 2. The maximum Gasteiger partial charge on any atom is 0.259 e. The number of aromatic amines is 1. The van der Waals surface area contributed by atoms with Gasteiger partial charge in [-0.1, -0.05) is 49.2 Å². The highest BCUT2D eigenvalue weighted by Gasteiger charge is 2.33. The molecule has 4 rings (SSSR count). The van der Waals surface area contributed by atoms with Crippen molar-refractivity contribution in [2.75, 3.05) is 33.2 Å². The van der Waals surface area contributed by atoms with Crippen LogP contribution in [0.4, 0.5) is 0 Å². The molecular weight excluding hydrogens is 486 g/mol. The zero-order valence-electron chi connectivity index (χ0n) is 19.9. The van der Waals surface area contributed by atoms with Gasteiger partial charge >= 0.3 is 0 Å². The lowest BCUT2D eigenvalue weighted by Gasteiger charge is -2.33. The van der Waals surface area contributed by atoms with E-state index in [0.717, 1.165) is 30.5 Å². The molecule has 0 aliphatic carbocycles. The van der Waals surface area contributed by atoms with Gasteiger partial charge in [-0.3, -0.25) is 10.2 Å². The summed E-state index contributed by atoms with van der Waals surface area (Å²) in [5.41, 5.74) is 2.44. The number of amidine groups is 1. The highest BCUT2D eigenvalue weighted by atomic mass is 35.5. The monoisotopic (exact) mass is 515 g/mol. The summed E-state index contributed by atoms with van der Waals surface area (Å²) in [4.78, 5) is 19.4. The van der Waals surface area contributed by atoms with E-state index in [0.29, 0.717) is 34.9 Å². The maximum atomic E-state index is 13.1. The van der Waals surface area contributed by atoms with Crippen molar-refractivity contribution in [3.8, 4) is 0 Å². The molecular formula is C25H30ClN5O3S. The first-order valence-electron chi connectivity index (χ1n) is 11.6. The van der Waals surface area contributed by atoms with Crippen molar-refractivity contribution in [1.29, 1.82) is 5.41 Å². The molecule has 186 valence electrons. The van der Waals surface area contributed by atoms with Crippen molar-refractivity contribution in [2.24, 2.45) is 0 Å². The molecule has 0 bridgehead atoms. The number of aromatic nitrogens is 1. The summed E-state index contributed by atoms with van der Waals surface area (Å²) in [7, 11) is -1.92. The minimum Gasteiger partial charge on any atom is -0.360 e. The van der Waals surface area contributed by atoms with Crippen molar-refractivity contribution < 1.29 is 13.2 Å². The van der Waals surface area contributed by atoms with Gasteiger partial charge in [0.2, 0.25) is 5.91 Å². The van der Waals surface area contributed by atoms with Crippen LogP contribution in [0.2, 0.25) is 5.02 Å². The first-order chi connectivity index (χ1) is 16.7. The van der Waals surface area contributed by atoms with Gasteiger partial charge in [0.15, 0.2) is 0 Å². The number of nitrogens with one attached hydrogen (secondary N) is 2. The van der Waals surface area contributed by atoms with Crippen LogP contribution in [-0.2, 0) is 21.4 Å². The third kappa shape index (κ3) is 5.52. The van der Waals surface area contributed by atoms with Gasteiger partial charge in [0, 0.05) is 54.7 Å². The number of nitrogens with zero attached hydrogens (tertiary/aromatic N) is 3. The van der Waals surface area contributed by atoms with Gasteiger partial charge < -0.3 is 14.8 Å². The van der Waals surface area contributed by atoms with Gasteiger partial charge in [-0.15, -0.1) is 0 Å². The number of benzene rings is 2. The van der Waals surface area contributed by atoms with E-state index in [2.05, 4.69) is 11.9 Å². The predicted octanol–water partition coefficient (Wildman–Crippen LogP) is 3.91. The minimum absolute atomic E-state index is 0.0537. The number of carbonyl (C=O) groups is 1. The Hall–Kier alpha value is -2.88. The number of piperazine rings is 1. The average molecular weight is 516 g/mol. The van der Waals surface area contributed by atoms with Gasteiger partial charge in [0.05, 0.1) is 6.54 Å². The van der Waals surface area contributed by atoms with Gasteiger partial charge in [-0.2, -0.15) is 4.31 Å². The largest absolute Gasteiger partial charge is 0.360 e. The number of carbonyl (C=O) groups excluding carboxylic acids is 1. The molecule has 0 atom stereocenters. The van der Waals surface area contributed by atoms with Gasteiger partial charge in [0.1, 0.15) is 10.9 Å². The van der Waals surface area contributed by atoms with E-state index in [1.165, 1.54) is 4.31 Å². The molecule has 8 nitrogen and oxygen atoms in total. The Morgan fingerprint density at radius 2 is 1.89 bits per heavy atom. The van der Waals surface area contributed by atoms with Crippen LogP contribution >= 0.6 is 11.6 Å². The number of sulfonamides is 1. The quantitative estimate of drug-likeness (QED) is 0.351. The van der Waals surface area contributed by atoms with Gasteiger partial charge in [-0.25, -0.2) is 8.42 Å². The number of hydrogen-bond acceptors (Lipinski definition) is 4. The number of rotatable bonds is 8. The normalized spacial score (nSPS) is 15.1. The van der Waals surface area contributed by atoms with Crippen LogP contribution in [0.1, 0.15) is 30.9 Å². The Morgan fingerprint density at radius 3 is 2.57 bits per heavy atom. The summed E-state index contributed by atoms with van der Waals surface area (Å²) in [6.45, 7) is 3.68. The molecule has 0 radical (unpaired) electrons. The molecule has 10 heteroatoms. The standard InChI is InChI=1S/C25H30ClN5O3S/c1-3-4-11-29(2)25(27)19-7-5-18(6-8-19)16-30-12-13-31(17-24(30)32)35(33,34)23-15-20-14-21(26)9-10-22(20)28-23/h5-10,14-15,27-28H,3-4,11-13,16-17H2,1-2H3. The fourth-order valence-electron chi connectivity index (χ4n) is 4.13. The Labute approximate surface area is 211 Å². The van der Waals surface area contributed by atoms with E-state index in [1.807, 2.05) is 36.2 Å². The van der Waals surface area contributed by atoms with Crippen LogP contribution in [0.15, 0.2) is 53.6 Å². The van der Waals surface area contributed by atoms with Crippen molar-refractivity contribution in [1.82, 2.24) is 19.1 Å². The molecule has 1 amide bonds. The first-order valence-corrected chi connectivity index (χ1v) is 13.5. The third-order valence-electron chi connectivity index (χ3n) is 6.29. The molecule has 1 saturated heterocycles. The summed E-state index contributed by atoms with van der Waals surface area (Å²) in [6, 6.07) is 14.3. The van der Waals surface area contributed by atoms with E-state index in [9.17, 15) is 13.2 Å².